The number of pyridine rings is 1. The fourth-order valence-corrected chi connectivity index (χ4v) is 5.92. The van der Waals surface area contributed by atoms with E-state index in [1.165, 1.54) is 5.56 Å². The molecule has 2 aromatic rings. The van der Waals surface area contributed by atoms with Crippen molar-refractivity contribution in [2.45, 2.75) is 33.0 Å². The van der Waals surface area contributed by atoms with Gasteiger partial charge in [0.1, 0.15) is 5.15 Å². The van der Waals surface area contributed by atoms with E-state index >= 15 is 0 Å². The Balaban J connectivity index is 1.60. The van der Waals surface area contributed by atoms with Crippen LogP contribution in [0.25, 0.3) is 10.9 Å². The van der Waals surface area contributed by atoms with Crippen molar-refractivity contribution in [3.05, 3.63) is 40.5 Å². The second-order valence-corrected chi connectivity index (χ2v) is 9.32. The molecule has 0 amide bonds. The number of piperidine rings is 2. The van der Waals surface area contributed by atoms with E-state index in [0.717, 1.165) is 42.6 Å². The molecule has 4 fully saturated rings. The van der Waals surface area contributed by atoms with E-state index in [2.05, 4.69) is 59.8 Å². The third-order valence-corrected chi connectivity index (χ3v) is 6.80. The molecular formula is C20H24ClN3O. The number of aryl methyl sites for hydroxylation is 1. The van der Waals surface area contributed by atoms with Gasteiger partial charge in [0.25, 0.3) is 0 Å². The van der Waals surface area contributed by atoms with E-state index in [1.807, 2.05) is 0 Å². The van der Waals surface area contributed by atoms with Gasteiger partial charge in [-0.15, -0.1) is 0 Å². The summed E-state index contributed by atoms with van der Waals surface area (Å²) in [4.78, 5) is 9.66. The zero-order valence-corrected chi connectivity index (χ0v) is 15.7. The second kappa shape index (κ2) is 4.95. The van der Waals surface area contributed by atoms with Crippen molar-refractivity contribution in [2.75, 3.05) is 26.2 Å². The highest BCUT2D eigenvalue weighted by Gasteiger charge is 2.62. The van der Waals surface area contributed by atoms with Gasteiger partial charge in [-0.1, -0.05) is 37.6 Å². The Hall–Kier alpha value is -1.20. The Morgan fingerprint density at radius 1 is 1.08 bits per heavy atom. The van der Waals surface area contributed by atoms with Gasteiger partial charge in [-0.3, -0.25) is 9.80 Å². The predicted molar refractivity (Wildman–Crippen MR) is 99.6 cm³/mol. The molecule has 4 nitrogen and oxygen atoms in total. The summed E-state index contributed by atoms with van der Waals surface area (Å²) in [6.45, 7) is 10.1. The molecule has 0 unspecified atom stereocenters. The van der Waals surface area contributed by atoms with Crippen molar-refractivity contribution in [1.82, 2.24) is 14.8 Å². The molecule has 4 saturated heterocycles. The number of aromatic nitrogens is 1. The van der Waals surface area contributed by atoms with E-state index in [1.54, 1.807) is 0 Å². The van der Waals surface area contributed by atoms with Gasteiger partial charge in [0, 0.05) is 48.0 Å². The quantitative estimate of drug-likeness (QED) is 0.795. The molecule has 6 rings (SSSR count). The number of hydrogen-bond donors (Lipinski definition) is 1. The Bertz CT molecular complexity index is 845. The summed E-state index contributed by atoms with van der Waals surface area (Å²) in [6.07, 6.45) is -0.0685. The fourth-order valence-electron chi connectivity index (χ4n) is 5.68. The third kappa shape index (κ3) is 2.15. The number of fused-ring (bicyclic) bond motifs is 1. The lowest BCUT2D eigenvalue weighted by Gasteiger charge is -2.68. The van der Waals surface area contributed by atoms with Crippen LogP contribution in [-0.4, -0.2) is 52.2 Å². The van der Waals surface area contributed by atoms with Gasteiger partial charge in [-0.05, 0) is 24.6 Å². The maximum absolute atomic E-state index is 10.8. The lowest BCUT2D eigenvalue weighted by molar-refractivity contribution is -0.253. The number of hydrogen-bond acceptors (Lipinski definition) is 4. The molecular weight excluding hydrogens is 334 g/mol. The number of nitrogens with zero attached hydrogens (tertiary/aromatic N) is 3. The second-order valence-electron chi connectivity index (χ2n) is 8.96. The van der Waals surface area contributed by atoms with Crippen LogP contribution in [0.3, 0.4) is 0 Å². The van der Waals surface area contributed by atoms with Gasteiger partial charge in [-0.25, -0.2) is 4.98 Å². The first-order chi connectivity index (χ1) is 11.8. The predicted octanol–water partition coefficient (Wildman–Crippen LogP) is 3.21. The van der Waals surface area contributed by atoms with Crippen LogP contribution in [0.15, 0.2) is 24.3 Å². The van der Waals surface area contributed by atoms with E-state index in [-0.39, 0.29) is 23.1 Å². The minimum absolute atomic E-state index is 0.0599. The molecule has 132 valence electrons. The van der Waals surface area contributed by atoms with Crippen LogP contribution >= 0.6 is 11.6 Å². The van der Waals surface area contributed by atoms with Crippen LogP contribution < -0.4 is 0 Å². The molecule has 4 bridgehead atoms. The normalized spacial score (nSPS) is 42.3. The van der Waals surface area contributed by atoms with Gasteiger partial charge in [0.05, 0.1) is 17.8 Å². The summed E-state index contributed by atoms with van der Waals surface area (Å²) in [6, 6.07) is 8.54. The molecule has 1 aromatic carbocycles. The van der Waals surface area contributed by atoms with Crippen molar-refractivity contribution in [3.63, 3.8) is 0 Å². The van der Waals surface area contributed by atoms with Crippen LogP contribution in [0.2, 0.25) is 5.15 Å². The highest BCUT2D eigenvalue weighted by atomic mass is 35.5. The maximum atomic E-state index is 10.8. The minimum Gasteiger partial charge on any atom is -0.392 e. The van der Waals surface area contributed by atoms with Gasteiger partial charge in [-0.2, -0.15) is 0 Å². The number of aliphatic hydroxyl groups is 1. The SMILES string of the molecule is Cc1ccc2cc(C3N4CC5(C)CN3CC(C)(C4)C5O)c(Cl)nc2c1. The van der Waals surface area contributed by atoms with E-state index in [4.69, 9.17) is 11.6 Å². The monoisotopic (exact) mass is 357 g/mol. The summed E-state index contributed by atoms with van der Waals surface area (Å²) in [7, 11) is 0. The zero-order chi connectivity index (χ0) is 17.6. The van der Waals surface area contributed by atoms with Gasteiger partial charge in [0.15, 0.2) is 0 Å². The van der Waals surface area contributed by atoms with E-state index < -0.39 is 0 Å². The van der Waals surface area contributed by atoms with Crippen LogP contribution in [-0.2, 0) is 0 Å². The third-order valence-electron chi connectivity index (χ3n) is 6.50. The summed E-state index contributed by atoms with van der Waals surface area (Å²) in [5, 5.41) is 12.6. The highest BCUT2D eigenvalue weighted by Crippen LogP contribution is 2.54. The summed E-state index contributed by atoms with van der Waals surface area (Å²) in [5.41, 5.74) is 3.13. The topological polar surface area (TPSA) is 39.6 Å². The molecule has 1 aromatic heterocycles. The molecule has 0 atom stereocenters. The zero-order valence-electron chi connectivity index (χ0n) is 15.0. The molecule has 0 spiro atoms. The van der Waals surface area contributed by atoms with Crippen molar-refractivity contribution in [2.24, 2.45) is 10.8 Å². The van der Waals surface area contributed by atoms with Crippen LogP contribution in [0, 0.1) is 17.8 Å². The lowest BCUT2D eigenvalue weighted by atomic mass is 9.60. The van der Waals surface area contributed by atoms with Crippen molar-refractivity contribution in [1.29, 1.82) is 0 Å². The molecule has 0 saturated carbocycles. The molecule has 25 heavy (non-hydrogen) atoms. The highest BCUT2D eigenvalue weighted by molar-refractivity contribution is 6.30. The molecule has 5 heteroatoms. The molecule has 0 radical (unpaired) electrons. The van der Waals surface area contributed by atoms with Crippen molar-refractivity contribution >= 4 is 22.5 Å². The summed E-state index contributed by atoms with van der Waals surface area (Å²) >= 11 is 6.63. The first-order valence-corrected chi connectivity index (χ1v) is 9.40. The molecule has 5 heterocycles. The Morgan fingerprint density at radius 3 is 2.28 bits per heavy atom. The maximum Gasteiger partial charge on any atom is 0.135 e. The average molecular weight is 358 g/mol. The van der Waals surface area contributed by atoms with Crippen molar-refractivity contribution < 1.29 is 5.11 Å². The molecule has 4 aliphatic rings. The Kier molecular flexibility index (Phi) is 3.17. The smallest absolute Gasteiger partial charge is 0.135 e. The molecule has 0 aliphatic carbocycles. The van der Waals surface area contributed by atoms with Crippen molar-refractivity contribution in [3.8, 4) is 0 Å². The number of benzene rings is 1. The largest absolute Gasteiger partial charge is 0.392 e. The summed E-state index contributed by atoms with van der Waals surface area (Å²) in [5.74, 6) is 0. The van der Waals surface area contributed by atoms with E-state index in [9.17, 15) is 5.11 Å². The minimum atomic E-state index is -0.235. The van der Waals surface area contributed by atoms with Crippen LogP contribution in [0.4, 0.5) is 0 Å². The lowest BCUT2D eigenvalue weighted by Crippen LogP contribution is -2.76. The first kappa shape index (κ1) is 16.0. The van der Waals surface area contributed by atoms with Gasteiger partial charge >= 0.3 is 0 Å². The molecule has 4 aliphatic heterocycles. The Labute approximate surface area is 153 Å². The van der Waals surface area contributed by atoms with Gasteiger partial charge in [0.2, 0.25) is 0 Å². The number of halogens is 1. The van der Waals surface area contributed by atoms with Crippen LogP contribution in [0.1, 0.15) is 31.1 Å². The summed E-state index contributed by atoms with van der Waals surface area (Å²) < 4.78 is 0. The van der Waals surface area contributed by atoms with E-state index in [0.29, 0.717) is 5.15 Å². The standard InChI is InChI=1S/C20H24ClN3O/c1-12-4-5-13-7-14(16(21)22-15(13)6-12)17-23-8-19(2)9-24(17)11-20(3,10-23)18(19)25/h4-7,17-18,25H,8-11H2,1-3H3. The fraction of sp³-hybridized carbons (Fsp3) is 0.550. The van der Waals surface area contributed by atoms with Crippen LogP contribution in [0.5, 0.6) is 0 Å². The van der Waals surface area contributed by atoms with Gasteiger partial charge < -0.3 is 5.11 Å². The molecule has 1 N–H and O–H groups in total. The number of rotatable bonds is 1. The number of aliphatic hydroxyl groups excluding tert-OH is 1. The average Bonchev–Trinajstić information content (AvgIpc) is 2.51. The Morgan fingerprint density at radius 2 is 1.68 bits per heavy atom. The first-order valence-electron chi connectivity index (χ1n) is 9.02.